The third kappa shape index (κ3) is 4.98. The van der Waals surface area contributed by atoms with Crippen LogP contribution in [-0.4, -0.2) is 26.8 Å². The molecule has 1 heterocycles. The number of nitrogens with zero attached hydrogens (tertiary/aromatic N) is 2. The molecule has 0 saturated heterocycles. The van der Waals surface area contributed by atoms with E-state index < -0.39 is 46.7 Å². The van der Waals surface area contributed by atoms with Crippen LogP contribution >= 0.6 is 0 Å². The minimum absolute atomic E-state index is 0.0218. The molecular formula is C26H19F2N3O4. The fourth-order valence-electron chi connectivity index (χ4n) is 3.56. The molecule has 3 aromatic carbocycles. The number of para-hydroxylation sites is 1. The molecule has 4 aromatic rings. The maximum Gasteiger partial charge on any atom is 0.335 e. The topological polar surface area (TPSA) is 101 Å². The minimum atomic E-state index is -1.16. The van der Waals surface area contributed by atoms with Gasteiger partial charge < -0.3 is 10.4 Å². The van der Waals surface area contributed by atoms with Crippen molar-refractivity contribution in [2.75, 3.05) is 0 Å². The highest BCUT2D eigenvalue weighted by Crippen LogP contribution is 2.25. The van der Waals surface area contributed by atoms with Gasteiger partial charge in [-0.05, 0) is 54.4 Å². The van der Waals surface area contributed by atoms with E-state index in [4.69, 9.17) is 5.11 Å². The van der Waals surface area contributed by atoms with Gasteiger partial charge in [-0.25, -0.2) is 18.3 Å². The smallest absolute Gasteiger partial charge is 0.335 e. The number of aromatic nitrogens is 2. The Labute approximate surface area is 198 Å². The Kier molecular flexibility index (Phi) is 6.50. The Morgan fingerprint density at radius 1 is 0.943 bits per heavy atom. The Bertz CT molecular complexity index is 1480. The van der Waals surface area contributed by atoms with Gasteiger partial charge in [0.2, 0.25) is 5.43 Å². The second-order valence-corrected chi connectivity index (χ2v) is 7.73. The van der Waals surface area contributed by atoms with E-state index in [1.54, 1.807) is 31.2 Å². The molecule has 0 saturated carbocycles. The quantitative estimate of drug-likeness (QED) is 0.437. The average Bonchev–Trinajstić information content (AvgIpc) is 2.84. The summed E-state index contributed by atoms with van der Waals surface area (Å²) < 4.78 is 30.9. The zero-order valence-electron chi connectivity index (χ0n) is 18.5. The molecule has 0 aliphatic carbocycles. The Morgan fingerprint density at radius 2 is 1.63 bits per heavy atom. The average molecular weight is 475 g/mol. The lowest BCUT2D eigenvalue weighted by atomic mass is 10.0. The Hall–Kier alpha value is -4.66. The summed E-state index contributed by atoms with van der Waals surface area (Å²) in [6.45, 7) is 1.15. The van der Waals surface area contributed by atoms with E-state index >= 15 is 0 Å². The van der Waals surface area contributed by atoms with Crippen molar-refractivity contribution in [1.29, 1.82) is 0 Å². The van der Waals surface area contributed by atoms with Crippen molar-refractivity contribution in [3.05, 3.63) is 117 Å². The second kappa shape index (κ2) is 9.68. The van der Waals surface area contributed by atoms with Crippen molar-refractivity contribution in [2.45, 2.75) is 13.5 Å². The fourth-order valence-corrected chi connectivity index (χ4v) is 3.56. The van der Waals surface area contributed by atoms with Gasteiger partial charge in [-0.3, -0.25) is 9.59 Å². The van der Waals surface area contributed by atoms with Gasteiger partial charge in [0.15, 0.2) is 5.69 Å². The molecule has 7 nitrogen and oxygen atoms in total. The number of rotatable bonds is 6. The van der Waals surface area contributed by atoms with Crippen LogP contribution in [0.4, 0.5) is 8.78 Å². The van der Waals surface area contributed by atoms with Gasteiger partial charge in [0, 0.05) is 23.9 Å². The number of carbonyl (C=O) groups is 2. The van der Waals surface area contributed by atoms with Crippen molar-refractivity contribution >= 4 is 11.9 Å². The largest absolute Gasteiger partial charge is 0.478 e. The van der Waals surface area contributed by atoms with Crippen molar-refractivity contribution in [2.24, 2.45) is 0 Å². The number of amides is 1. The van der Waals surface area contributed by atoms with Gasteiger partial charge in [0.1, 0.15) is 11.6 Å². The molecule has 176 valence electrons. The van der Waals surface area contributed by atoms with Crippen molar-refractivity contribution in [3.8, 4) is 16.8 Å². The standard InChI is InChI=1S/C26H19F2N3O4/c1-15-10-23(32)24(30-31(15)19-8-3-2-4-9-19)25(33)29-14-20-21(27)12-18(13-22(20)28)16-6-5-7-17(11-16)26(34)35/h2-13H,14H2,1H3,(H,29,33)(H,34,35). The molecule has 0 aliphatic rings. The zero-order chi connectivity index (χ0) is 25.1. The molecule has 1 amide bonds. The maximum atomic E-state index is 14.7. The zero-order valence-corrected chi connectivity index (χ0v) is 18.5. The monoisotopic (exact) mass is 475 g/mol. The van der Waals surface area contributed by atoms with Gasteiger partial charge >= 0.3 is 5.97 Å². The second-order valence-electron chi connectivity index (χ2n) is 7.73. The van der Waals surface area contributed by atoms with E-state index in [9.17, 15) is 23.2 Å². The van der Waals surface area contributed by atoms with Crippen molar-refractivity contribution in [3.63, 3.8) is 0 Å². The highest BCUT2D eigenvalue weighted by molar-refractivity contribution is 5.92. The maximum absolute atomic E-state index is 14.7. The molecule has 0 spiro atoms. The number of carboxylic acid groups (broad SMARTS) is 1. The van der Waals surface area contributed by atoms with Crippen LogP contribution in [0.1, 0.15) is 32.1 Å². The number of benzene rings is 3. The first-order valence-corrected chi connectivity index (χ1v) is 10.5. The summed E-state index contributed by atoms with van der Waals surface area (Å²) in [4.78, 5) is 36.2. The first kappa shape index (κ1) is 23.5. The summed E-state index contributed by atoms with van der Waals surface area (Å²) in [7, 11) is 0. The van der Waals surface area contributed by atoms with E-state index in [1.165, 1.54) is 35.0 Å². The highest BCUT2D eigenvalue weighted by atomic mass is 19.1. The highest BCUT2D eigenvalue weighted by Gasteiger charge is 2.18. The van der Waals surface area contributed by atoms with Crippen LogP contribution in [0.3, 0.4) is 0 Å². The third-order valence-corrected chi connectivity index (χ3v) is 5.33. The molecular weight excluding hydrogens is 456 g/mol. The number of aromatic carboxylic acids is 1. The van der Waals surface area contributed by atoms with Gasteiger partial charge in [-0.2, -0.15) is 5.10 Å². The minimum Gasteiger partial charge on any atom is -0.478 e. The number of carbonyl (C=O) groups excluding carboxylic acids is 1. The van der Waals surface area contributed by atoms with Gasteiger partial charge in [0.25, 0.3) is 5.91 Å². The van der Waals surface area contributed by atoms with E-state index in [-0.39, 0.29) is 11.1 Å². The van der Waals surface area contributed by atoms with Crippen molar-refractivity contribution in [1.82, 2.24) is 15.1 Å². The molecule has 0 radical (unpaired) electrons. The SMILES string of the molecule is Cc1cc(=O)c(C(=O)NCc2c(F)cc(-c3cccc(C(=O)O)c3)cc2F)nn1-c1ccccc1. The lowest BCUT2D eigenvalue weighted by Gasteiger charge is -2.12. The number of hydrogen-bond acceptors (Lipinski definition) is 4. The summed E-state index contributed by atoms with van der Waals surface area (Å²) in [6, 6.07) is 17.9. The van der Waals surface area contributed by atoms with Crippen LogP contribution in [0, 0.1) is 18.6 Å². The summed E-state index contributed by atoms with van der Waals surface area (Å²) >= 11 is 0. The molecule has 0 unspecified atom stereocenters. The fraction of sp³-hybridized carbons (Fsp3) is 0.0769. The molecule has 0 fully saturated rings. The lowest BCUT2D eigenvalue weighted by molar-refractivity contribution is 0.0696. The van der Waals surface area contributed by atoms with Crippen molar-refractivity contribution < 1.29 is 23.5 Å². The molecule has 2 N–H and O–H groups in total. The summed E-state index contributed by atoms with van der Waals surface area (Å²) in [6.07, 6.45) is 0. The Balaban J connectivity index is 1.57. The van der Waals surface area contributed by atoms with Gasteiger partial charge in [-0.15, -0.1) is 0 Å². The number of hydrogen-bond donors (Lipinski definition) is 2. The number of carboxylic acids is 1. The van der Waals surface area contributed by atoms with E-state index in [1.807, 2.05) is 6.07 Å². The van der Waals surface area contributed by atoms with Crippen LogP contribution in [0.2, 0.25) is 0 Å². The predicted molar refractivity (Wildman–Crippen MR) is 124 cm³/mol. The number of nitrogens with one attached hydrogen (secondary N) is 1. The van der Waals surface area contributed by atoms with Crippen LogP contribution in [0.5, 0.6) is 0 Å². The summed E-state index contributed by atoms with van der Waals surface area (Å²) in [5, 5.41) is 15.6. The van der Waals surface area contributed by atoms with Crippen LogP contribution in [-0.2, 0) is 6.54 Å². The number of halogens is 2. The van der Waals surface area contributed by atoms with Crippen LogP contribution < -0.4 is 10.7 Å². The first-order valence-electron chi connectivity index (χ1n) is 10.5. The molecule has 0 atom stereocenters. The van der Waals surface area contributed by atoms with Gasteiger partial charge in [0.05, 0.1) is 11.3 Å². The summed E-state index contributed by atoms with van der Waals surface area (Å²) in [5.41, 5.74) is 0.145. The first-order chi connectivity index (χ1) is 16.7. The van der Waals surface area contributed by atoms with Crippen LogP contribution in [0.25, 0.3) is 16.8 Å². The lowest BCUT2D eigenvalue weighted by Crippen LogP contribution is -2.32. The molecule has 4 rings (SSSR count). The molecule has 35 heavy (non-hydrogen) atoms. The predicted octanol–water partition coefficient (Wildman–Crippen LogP) is 4.11. The summed E-state index contributed by atoms with van der Waals surface area (Å²) in [5.74, 6) is -3.90. The third-order valence-electron chi connectivity index (χ3n) is 5.33. The molecule has 0 bridgehead atoms. The molecule has 9 heteroatoms. The van der Waals surface area contributed by atoms with Crippen LogP contribution in [0.15, 0.2) is 77.6 Å². The molecule has 0 aliphatic heterocycles. The van der Waals surface area contributed by atoms with E-state index in [0.717, 1.165) is 12.1 Å². The number of aryl methyl sites for hydroxylation is 1. The normalized spacial score (nSPS) is 10.7. The van der Waals surface area contributed by atoms with Gasteiger partial charge in [-0.1, -0.05) is 30.3 Å². The van der Waals surface area contributed by atoms with E-state index in [2.05, 4.69) is 10.4 Å². The Morgan fingerprint density at radius 3 is 2.29 bits per heavy atom. The van der Waals surface area contributed by atoms with E-state index in [0.29, 0.717) is 16.9 Å². The molecule has 1 aromatic heterocycles.